The third-order valence-corrected chi connectivity index (χ3v) is 2.63. The number of rotatable bonds is 3. The minimum atomic E-state index is -4.88. The molecule has 0 radical (unpaired) electrons. The molecule has 0 spiro atoms. The number of benzene rings is 1. The zero-order chi connectivity index (χ0) is 14.3. The number of amides is 1. The van der Waals surface area contributed by atoms with Gasteiger partial charge in [-0.2, -0.15) is 13.2 Å². The van der Waals surface area contributed by atoms with Crippen molar-refractivity contribution in [2.45, 2.75) is 19.0 Å². The first-order valence-electron chi connectivity index (χ1n) is 5.46. The Morgan fingerprint density at radius 2 is 1.89 bits per heavy atom. The van der Waals surface area contributed by atoms with Gasteiger partial charge in [-0.25, -0.2) is 0 Å². The van der Waals surface area contributed by atoms with E-state index in [1.54, 1.807) is 17.4 Å². The molecule has 6 heteroatoms. The van der Waals surface area contributed by atoms with Gasteiger partial charge in [0.25, 0.3) is 0 Å². The van der Waals surface area contributed by atoms with E-state index in [2.05, 4.69) is 27.8 Å². The molecule has 0 fully saturated rings. The van der Waals surface area contributed by atoms with Crippen LogP contribution in [0.4, 0.5) is 18.9 Å². The molecule has 1 aromatic rings. The van der Waals surface area contributed by atoms with Crippen molar-refractivity contribution >= 4 is 27.5 Å². The van der Waals surface area contributed by atoms with Crippen molar-refractivity contribution in [3.8, 4) is 11.8 Å². The minimum absolute atomic E-state index is 0.0910. The standard InChI is InChI=1S/C13H11BrF3NO/c14-9-3-1-2-4-10-5-7-11(8-6-10)18-12(19)13(15,16)17/h5-8H,1,3,9H2,(H,18,19). The van der Waals surface area contributed by atoms with Gasteiger partial charge >= 0.3 is 12.1 Å². The summed E-state index contributed by atoms with van der Waals surface area (Å²) in [6.45, 7) is 0. The number of alkyl halides is 4. The molecule has 19 heavy (non-hydrogen) atoms. The summed E-state index contributed by atoms with van der Waals surface area (Å²) >= 11 is 3.28. The largest absolute Gasteiger partial charge is 0.471 e. The Morgan fingerprint density at radius 1 is 1.26 bits per heavy atom. The van der Waals surface area contributed by atoms with Crippen LogP contribution in [0.25, 0.3) is 0 Å². The van der Waals surface area contributed by atoms with E-state index in [1.165, 1.54) is 12.1 Å². The summed E-state index contributed by atoms with van der Waals surface area (Å²) in [6, 6.07) is 5.90. The van der Waals surface area contributed by atoms with Gasteiger partial charge in [0.1, 0.15) is 0 Å². The van der Waals surface area contributed by atoms with E-state index in [0.29, 0.717) is 5.56 Å². The predicted molar refractivity (Wildman–Crippen MR) is 71.0 cm³/mol. The molecule has 0 atom stereocenters. The van der Waals surface area contributed by atoms with E-state index >= 15 is 0 Å². The van der Waals surface area contributed by atoms with Crippen LogP contribution in [0.3, 0.4) is 0 Å². The summed E-state index contributed by atoms with van der Waals surface area (Å²) in [5, 5.41) is 2.65. The Kier molecular flexibility index (Phi) is 5.90. The van der Waals surface area contributed by atoms with Gasteiger partial charge in [0.05, 0.1) is 0 Å². The van der Waals surface area contributed by atoms with Gasteiger partial charge < -0.3 is 5.32 Å². The van der Waals surface area contributed by atoms with Gasteiger partial charge in [-0.1, -0.05) is 27.8 Å². The summed E-state index contributed by atoms with van der Waals surface area (Å²) in [5.74, 6) is 3.84. The van der Waals surface area contributed by atoms with Crippen molar-refractivity contribution in [2.75, 3.05) is 10.6 Å². The van der Waals surface area contributed by atoms with Crippen molar-refractivity contribution in [3.63, 3.8) is 0 Å². The highest BCUT2D eigenvalue weighted by molar-refractivity contribution is 9.09. The van der Waals surface area contributed by atoms with Crippen molar-refractivity contribution in [1.29, 1.82) is 0 Å². The quantitative estimate of drug-likeness (QED) is 0.510. The molecule has 1 amide bonds. The Balaban J connectivity index is 2.61. The third kappa shape index (κ3) is 5.79. The van der Waals surface area contributed by atoms with E-state index in [-0.39, 0.29) is 5.69 Å². The Hall–Kier alpha value is -1.48. The Morgan fingerprint density at radius 3 is 2.42 bits per heavy atom. The van der Waals surface area contributed by atoms with E-state index in [9.17, 15) is 18.0 Å². The van der Waals surface area contributed by atoms with Crippen LogP contribution in [-0.4, -0.2) is 17.4 Å². The van der Waals surface area contributed by atoms with Crippen LogP contribution in [0.15, 0.2) is 24.3 Å². The van der Waals surface area contributed by atoms with Crippen LogP contribution in [0.2, 0.25) is 0 Å². The molecule has 0 bridgehead atoms. The highest BCUT2D eigenvalue weighted by atomic mass is 79.9. The molecule has 2 nitrogen and oxygen atoms in total. The number of carbonyl (C=O) groups is 1. The van der Waals surface area contributed by atoms with Crippen LogP contribution in [-0.2, 0) is 4.79 Å². The van der Waals surface area contributed by atoms with Gasteiger partial charge in [-0.15, -0.1) is 0 Å². The highest BCUT2D eigenvalue weighted by Gasteiger charge is 2.38. The lowest BCUT2D eigenvalue weighted by atomic mass is 10.2. The van der Waals surface area contributed by atoms with Crippen molar-refractivity contribution < 1.29 is 18.0 Å². The number of carbonyl (C=O) groups excluding carboxylic acids is 1. The smallest absolute Gasteiger partial charge is 0.318 e. The van der Waals surface area contributed by atoms with Gasteiger partial charge in [-0.3, -0.25) is 4.79 Å². The number of halogens is 4. The van der Waals surface area contributed by atoms with Gasteiger partial charge in [0.2, 0.25) is 0 Å². The third-order valence-electron chi connectivity index (χ3n) is 2.07. The first-order chi connectivity index (χ1) is 8.93. The average molecular weight is 334 g/mol. The van der Waals surface area contributed by atoms with Crippen LogP contribution in [0.1, 0.15) is 18.4 Å². The molecule has 0 saturated carbocycles. The maximum atomic E-state index is 12.0. The lowest BCUT2D eigenvalue weighted by Crippen LogP contribution is -2.29. The fourth-order valence-corrected chi connectivity index (χ4v) is 1.44. The number of hydrogen-bond donors (Lipinski definition) is 1. The number of hydrogen-bond acceptors (Lipinski definition) is 1. The summed E-state index contributed by atoms with van der Waals surface area (Å²) in [4.78, 5) is 10.7. The van der Waals surface area contributed by atoms with Crippen LogP contribution in [0, 0.1) is 11.8 Å². The lowest BCUT2D eigenvalue weighted by molar-refractivity contribution is -0.167. The molecule has 1 rings (SSSR count). The molecule has 0 unspecified atom stereocenters. The van der Waals surface area contributed by atoms with Crippen LogP contribution in [0.5, 0.6) is 0 Å². The molecule has 102 valence electrons. The van der Waals surface area contributed by atoms with E-state index in [1.807, 2.05) is 0 Å². The molecule has 0 aromatic heterocycles. The Bertz CT molecular complexity index is 485. The topological polar surface area (TPSA) is 29.1 Å². The minimum Gasteiger partial charge on any atom is -0.318 e. The average Bonchev–Trinajstić information content (AvgIpc) is 2.35. The molecule has 0 aliphatic heterocycles. The normalized spacial score (nSPS) is 10.5. The summed E-state index contributed by atoms with van der Waals surface area (Å²) in [7, 11) is 0. The maximum Gasteiger partial charge on any atom is 0.471 e. The van der Waals surface area contributed by atoms with Gasteiger partial charge in [-0.05, 0) is 30.7 Å². The summed E-state index contributed by atoms with van der Waals surface area (Å²) < 4.78 is 36.0. The molecule has 0 heterocycles. The number of unbranched alkanes of at least 4 members (excludes halogenated alkanes) is 1. The SMILES string of the molecule is O=C(Nc1ccc(C#CCCCBr)cc1)C(F)(F)F. The monoisotopic (exact) mass is 333 g/mol. The number of nitrogens with one attached hydrogen (secondary N) is 1. The molecule has 0 aliphatic carbocycles. The lowest BCUT2D eigenvalue weighted by Gasteiger charge is -2.07. The second-order valence-electron chi connectivity index (χ2n) is 3.62. The summed E-state index contributed by atoms with van der Waals surface area (Å²) in [5.41, 5.74) is 0.785. The van der Waals surface area contributed by atoms with E-state index < -0.39 is 12.1 Å². The molecular weight excluding hydrogens is 323 g/mol. The maximum absolute atomic E-state index is 12.0. The first-order valence-corrected chi connectivity index (χ1v) is 6.58. The molecule has 0 aliphatic rings. The molecular formula is C13H11BrF3NO. The zero-order valence-electron chi connectivity index (χ0n) is 9.85. The zero-order valence-corrected chi connectivity index (χ0v) is 11.4. The van der Waals surface area contributed by atoms with Crippen molar-refractivity contribution in [2.24, 2.45) is 0 Å². The van der Waals surface area contributed by atoms with Crippen molar-refractivity contribution in [3.05, 3.63) is 29.8 Å². The summed E-state index contributed by atoms with van der Waals surface area (Å²) in [6.07, 6.45) is -3.20. The molecule has 1 N–H and O–H groups in total. The predicted octanol–water partition coefficient (Wildman–Crippen LogP) is 3.71. The van der Waals surface area contributed by atoms with Gasteiger partial charge in [0, 0.05) is 23.0 Å². The van der Waals surface area contributed by atoms with Gasteiger partial charge in [0.15, 0.2) is 0 Å². The fraction of sp³-hybridized carbons (Fsp3) is 0.308. The first kappa shape index (κ1) is 15.6. The van der Waals surface area contributed by atoms with E-state index in [4.69, 9.17) is 0 Å². The molecule has 1 aromatic carbocycles. The number of anilines is 1. The highest BCUT2D eigenvalue weighted by Crippen LogP contribution is 2.18. The van der Waals surface area contributed by atoms with E-state index in [0.717, 1.165) is 18.2 Å². The fourth-order valence-electron chi connectivity index (χ4n) is 1.16. The second-order valence-corrected chi connectivity index (χ2v) is 4.42. The Labute approximate surface area is 117 Å². The van der Waals surface area contributed by atoms with Crippen LogP contribution >= 0.6 is 15.9 Å². The molecule has 0 saturated heterocycles. The second kappa shape index (κ2) is 7.19. The van der Waals surface area contributed by atoms with Crippen LogP contribution < -0.4 is 5.32 Å². The van der Waals surface area contributed by atoms with Crippen molar-refractivity contribution in [1.82, 2.24) is 0 Å².